The van der Waals surface area contributed by atoms with Crippen LogP contribution in [-0.4, -0.2) is 16.0 Å². The average Bonchev–Trinajstić information content (AvgIpc) is 2.98. The van der Waals surface area contributed by atoms with Gasteiger partial charge < -0.3 is 4.74 Å². The summed E-state index contributed by atoms with van der Waals surface area (Å²) in [5, 5.41) is 14.3. The third kappa shape index (κ3) is 2.54. The van der Waals surface area contributed by atoms with Crippen LogP contribution in [0.1, 0.15) is 22.7 Å². The van der Waals surface area contributed by atoms with Crippen molar-refractivity contribution in [3.8, 4) is 17.6 Å². The molecule has 4 rings (SSSR count). The Balaban J connectivity index is 1.92. The Kier molecular flexibility index (Phi) is 3.94. The topological polar surface area (TPSA) is 76.9 Å². The molecule has 1 aromatic heterocycles. The number of nitrogens with zero attached hydrogens (tertiary/aromatic N) is 3. The summed E-state index contributed by atoms with van der Waals surface area (Å²) in [4.78, 5) is 0. The maximum absolute atomic E-state index is 13.4. The van der Waals surface area contributed by atoms with Crippen LogP contribution in [-0.2, 0) is 0 Å². The third-order valence-electron chi connectivity index (χ3n) is 4.71. The van der Waals surface area contributed by atoms with E-state index in [1.807, 2.05) is 37.3 Å². The molecule has 1 aliphatic rings. The molecule has 6 heteroatoms. The first kappa shape index (κ1) is 16.3. The van der Waals surface area contributed by atoms with Crippen LogP contribution < -0.4 is 10.5 Å². The van der Waals surface area contributed by atoms with Crippen molar-refractivity contribution < 1.29 is 9.13 Å². The van der Waals surface area contributed by atoms with Gasteiger partial charge in [-0.15, -0.1) is 0 Å². The Morgan fingerprint density at radius 2 is 1.85 bits per heavy atom. The van der Waals surface area contributed by atoms with E-state index in [1.54, 1.807) is 16.8 Å². The van der Waals surface area contributed by atoms with E-state index in [2.05, 4.69) is 11.2 Å². The summed E-state index contributed by atoms with van der Waals surface area (Å²) in [6, 6.07) is 18.0. The Morgan fingerprint density at radius 3 is 2.50 bits per heavy atom. The van der Waals surface area contributed by atoms with Gasteiger partial charge in [0.1, 0.15) is 11.7 Å². The SMILES string of the molecule is Cc1nn(-c2ccccc2)c2c1C(c1ccc(F)cc1)C(C#N)C(N)O2. The van der Waals surface area contributed by atoms with E-state index in [9.17, 15) is 9.65 Å². The molecule has 0 spiro atoms. The monoisotopic (exact) mass is 348 g/mol. The van der Waals surface area contributed by atoms with E-state index in [1.165, 1.54) is 12.1 Å². The molecule has 0 aliphatic carbocycles. The minimum Gasteiger partial charge on any atom is -0.457 e. The molecule has 2 N–H and O–H groups in total. The second kappa shape index (κ2) is 6.28. The summed E-state index contributed by atoms with van der Waals surface area (Å²) in [6.07, 6.45) is -0.805. The van der Waals surface area contributed by atoms with Crippen LogP contribution in [0.25, 0.3) is 5.69 Å². The fourth-order valence-electron chi connectivity index (χ4n) is 3.50. The molecule has 26 heavy (non-hydrogen) atoms. The summed E-state index contributed by atoms with van der Waals surface area (Å²) in [5.74, 6) is -0.727. The lowest BCUT2D eigenvalue weighted by molar-refractivity contribution is 0.125. The first-order valence-electron chi connectivity index (χ1n) is 8.32. The zero-order valence-corrected chi connectivity index (χ0v) is 14.1. The summed E-state index contributed by atoms with van der Waals surface area (Å²) in [5.41, 5.74) is 9.39. The first-order chi connectivity index (χ1) is 12.6. The maximum Gasteiger partial charge on any atom is 0.222 e. The van der Waals surface area contributed by atoms with Gasteiger partial charge in [-0.25, -0.2) is 9.07 Å². The Morgan fingerprint density at radius 1 is 1.15 bits per heavy atom. The minimum absolute atomic E-state index is 0.324. The number of para-hydroxylation sites is 1. The van der Waals surface area contributed by atoms with Crippen molar-refractivity contribution in [3.05, 3.63) is 77.2 Å². The number of fused-ring (bicyclic) bond motifs is 1. The minimum atomic E-state index is -0.805. The van der Waals surface area contributed by atoms with E-state index in [4.69, 9.17) is 10.5 Å². The van der Waals surface area contributed by atoms with Crippen molar-refractivity contribution >= 4 is 0 Å². The highest BCUT2D eigenvalue weighted by atomic mass is 19.1. The molecule has 3 atom stereocenters. The average molecular weight is 348 g/mol. The van der Waals surface area contributed by atoms with Gasteiger partial charge in [0.05, 0.1) is 17.5 Å². The van der Waals surface area contributed by atoms with Gasteiger partial charge in [0, 0.05) is 11.5 Å². The molecule has 0 bridgehead atoms. The quantitative estimate of drug-likeness (QED) is 0.771. The molecule has 0 fully saturated rings. The number of benzene rings is 2. The number of rotatable bonds is 2. The summed E-state index contributed by atoms with van der Waals surface area (Å²) in [6.45, 7) is 1.88. The fourth-order valence-corrected chi connectivity index (χ4v) is 3.50. The number of aryl methyl sites for hydroxylation is 1. The van der Waals surface area contributed by atoms with E-state index >= 15 is 0 Å². The van der Waals surface area contributed by atoms with E-state index in [0.29, 0.717) is 5.88 Å². The predicted octanol–water partition coefficient (Wildman–Crippen LogP) is 3.27. The summed E-state index contributed by atoms with van der Waals surface area (Å²) in [7, 11) is 0. The van der Waals surface area contributed by atoms with Gasteiger partial charge in [-0.2, -0.15) is 10.4 Å². The van der Waals surface area contributed by atoms with Crippen LogP contribution in [0.2, 0.25) is 0 Å². The number of halogens is 1. The smallest absolute Gasteiger partial charge is 0.222 e. The molecule has 0 amide bonds. The Hall–Kier alpha value is -3.17. The molecule has 0 radical (unpaired) electrons. The van der Waals surface area contributed by atoms with Crippen molar-refractivity contribution in [1.29, 1.82) is 5.26 Å². The van der Waals surface area contributed by atoms with Gasteiger partial charge in [0.15, 0.2) is 6.23 Å². The molecule has 2 aromatic carbocycles. The van der Waals surface area contributed by atoms with Crippen LogP contribution in [0, 0.1) is 30.0 Å². The first-order valence-corrected chi connectivity index (χ1v) is 8.32. The third-order valence-corrected chi connectivity index (χ3v) is 4.71. The number of hydrogen-bond acceptors (Lipinski definition) is 4. The molecule has 1 aliphatic heterocycles. The molecule has 2 heterocycles. The lowest BCUT2D eigenvalue weighted by Crippen LogP contribution is -2.42. The molecular formula is C20H17FN4O. The van der Waals surface area contributed by atoms with Gasteiger partial charge in [-0.1, -0.05) is 30.3 Å². The predicted molar refractivity (Wildman–Crippen MR) is 94.3 cm³/mol. The number of hydrogen-bond donors (Lipinski definition) is 1. The van der Waals surface area contributed by atoms with E-state index < -0.39 is 12.1 Å². The standard InChI is InChI=1S/C20H17FN4O/c1-12-17-18(13-7-9-14(21)10-8-13)16(11-22)19(23)26-20(17)25(24-12)15-5-3-2-4-6-15/h2-10,16,18-19H,23H2,1H3. The van der Waals surface area contributed by atoms with Crippen molar-refractivity contribution in [2.24, 2.45) is 11.7 Å². The number of ether oxygens (including phenoxy) is 1. The highest BCUT2D eigenvalue weighted by molar-refractivity contribution is 5.49. The van der Waals surface area contributed by atoms with Gasteiger partial charge in [-0.3, -0.25) is 5.73 Å². The largest absolute Gasteiger partial charge is 0.457 e. The second-order valence-electron chi connectivity index (χ2n) is 6.32. The van der Waals surface area contributed by atoms with Gasteiger partial charge in [-0.05, 0) is 36.8 Å². The van der Waals surface area contributed by atoms with E-state index in [-0.39, 0.29) is 11.7 Å². The summed E-state index contributed by atoms with van der Waals surface area (Å²) < 4.78 is 21.0. The zero-order chi connectivity index (χ0) is 18.3. The van der Waals surface area contributed by atoms with Crippen LogP contribution >= 0.6 is 0 Å². The molecule has 3 unspecified atom stereocenters. The van der Waals surface area contributed by atoms with Crippen LogP contribution in [0.4, 0.5) is 4.39 Å². The molecule has 3 aromatic rings. The van der Waals surface area contributed by atoms with Gasteiger partial charge in [0.25, 0.3) is 0 Å². The fraction of sp³-hybridized carbons (Fsp3) is 0.200. The maximum atomic E-state index is 13.4. The normalized spacial score (nSPS) is 21.5. The molecule has 130 valence electrons. The Bertz CT molecular complexity index is 976. The van der Waals surface area contributed by atoms with Gasteiger partial charge >= 0.3 is 0 Å². The molecule has 0 saturated carbocycles. The van der Waals surface area contributed by atoms with Crippen molar-refractivity contribution in [3.63, 3.8) is 0 Å². The van der Waals surface area contributed by atoms with Crippen molar-refractivity contribution in [2.45, 2.75) is 19.1 Å². The Labute approximate surface area is 150 Å². The number of nitriles is 1. The molecule has 5 nitrogen and oxygen atoms in total. The van der Waals surface area contributed by atoms with Crippen LogP contribution in [0.3, 0.4) is 0 Å². The van der Waals surface area contributed by atoms with Crippen LogP contribution in [0.15, 0.2) is 54.6 Å². The van der Waals surface area contributed by atoms with Gasteiger partial charge in [0.2, 0.25) is 5.88 Å². The van der Waals surface area contributed by atoms with E-state index in [0.717, 1.165) is 22.5 Å². The molecular weight excluding hydrogens is 331 g/mol. The zero-order valence-electron chi connectivity index (χ0n) is 14.1. The summed E-state index contributed by atoms with van der Waals surface area (Å²) >= 11 is 0. The second-order valence-corrected chi connectivity index (χ2v) is 6.32. The number of aromatic nitrogens is 2. The lowest BCUT2D eigenvalue weighted by atomic mass is 9.79. The number of nitrogens with two attached hydrogens (primary N) is 1. The lowest BCUT2D eigenvalue weighted by Gasteiger charge is -2.33. The van der Waals surface area contributed by atoms with Crippen LogP contribution in [0.5, 0.6) is 5.88 Å². The molecule has 0 saturated heterocycles. The van der Waals surface area contributed by atoms with Crippen molar-refractivity contribution in [2.75, 3.05) is 0 Å². The highest BCUT2D eigenvalue weighted by Gasteiger charge is 2.41. The van der Waals surface area contributed by atoms with Crippen molar-refractivity contribution in [1.82, 2.24) is 9.78 Å². The highest BCUT2D eigenvalue weighted by Crippen LogP contribution is 2.45.